The molecule has 1 aliphatic carbocycles. The Labute approximate surface area is 345 Å². The maximum atomic E-state index is 2.48. The summed E-state index contributed by atoms with van der Waals surface area (Å²) >= 11 is 0. The van der Waals surface area contributed by atoms with Gasteiger partial charge in [0.1, 0.15) is 0 Å². The molecular weight excluding hydrogens is 713 g/mol. The van der Waals surface area contributed by atoms with Crippen molar-refractivity contribution < 1.29 is 0 Å². The minimum absolute atomic E-state index is 0.0968. The molecule has 0 amide bonds. The molecule has 0 spiro atoms. The lowest BCUT2D eigenvalue weighted by Crippen LogP contribution is -2.14. The van der Waals surface area contributed by atoms with Gasteiger partial charge in [0.15, 0.2) is 0 Å². The number of hydrogen-bond donors (Lipinski definition) is 0. The summed E-state index contributed by atoms with van der Waals surface area (Å²) in [6.45, 7) is 4.74. The summed E-state index contributed by atoms with van der Waals surface area (Å²) in [6.07, 6.45) is 0. The molecule has 2 nitrogen and oxygen atoms in total. The second-order valence-electron chi connectivity index (χ2n) is 16.2. The molecule has 0 N–H and O–H groups in total. The molecule has 1 heterocycles. The lowest BCUT2D eigenvalue weighted by Gasteiger charge is -2.26. The first-order chi connectivity index (χ1) is 29.0. The number of benzene rings is 9. The van der Waals surface area contributed by atoms with Gasteiger partial charge >= 0.3 is 0 Å². The Balaban J connectivity index is 1.12. The number of anilines is 3. The average Bonchev–Trinajstić information content (AvgIpc) is 3.74. The van der Waals surface area contributed by atoms with Crippen molar-refractivity contribution in [1.29, 1.82) is 0 Å². The van der Waals surface area contributed by atoms with Crippen LogP contribution in [0.25, 0.3) is 72.0 Å². The first-order valence-electron chi connectivity index (χ1n) is 20.5. The quantitative estimate of drug-likeness (QED) is 0.157. The summed E-state index contributed by atoms with van der Waals surface area (Å²) in [4.78, 5) is 2.39. The van der Waals surface area contributed by atoms with Crippen LogP contribution < -0.4 is 4.90 Å². The van der Waals surface area contributed by atoms with Gasteiger partial charge in [0.25, 0.3) is 0 Å². The van der Waals surface area contributed by atoms with Crippen LogP contribution in [-0.4, -0.2) is 4.57 Å². The highest BCUT2D eigenvalue weighted by molar-refractivity contribution is 6.12. The van der Waals surface area contributed by atoms with Crippen molar-refractivity contribution in [3.8, 4) is 50.2 Å². The molecule has 0 atom stereocenters. The number of hydrogen-bond acceptors (Lipinski definition) is 1. The summed E-state index contributed by atoms with van der Waals surface area (Å²) in [6, 6.07) is 79.8. The molecule has 0 fully saturated rings. The van der Waals surface area contributed by atoms with Gasteiger partial charge in [-0.3, -0.25) is 0 Å². The fourth-order valence-electron chi connectivity index (χ4n) is 9.36. The largest absolute Gasteiger partial charge is 0.310 e. The van der Waals surface area contributed by atoms with Crippen LogP contribution >= 0.6 is 0 Å². The Morgan fingerprint density at radius 3 is 1.32 bits per heavy atom. The van der Waals surface area contributed by atoms with Gasteiger partial charge in [0, 0.05) is 38.9 Å². The molecule has 1 aliphatic rings. The molecular formula is C57H42N2. The van der Waals surface area contributed by atoms with Gasteiger partial charge in [-0.1, -0.05) is 172 Å². The number of rotatable bonds is 7. The maximum absolute atomic E-state index is 2.48. The smallest absolute Gasteiger partial charge is 0.0561 e. The average molecular weight is 755 g/mol. The maximum Gasteiger partial charge on any atom is 0.0561 e. The summed E-state index contributed by atoms with van der Waals surface area (Å²) in [5.74, 6) is 0. The van der Waals surface area contributed by atoms with Crippen LogP contribution in [0.4, 0.5) is 17.1 Å². The van der Waals surface area contributed by atoms with Gasteiger partial charge < -0.3 is 9.47 Å². The zero-order valence-corrected chi connectivity index (χ0v) is 33.2. The summed E-state index contributed by atoms with van der Waals surface area (Å²) in [5, 5.41) is 2.51. The van der Waals surface area contributed by atoms with Crippen molar-refractivity contribution in [3.63, 3.8) is 0 Å². The van der Waals surface area contributed by atoms with E-state index in [1.165, 1.54) is 77.4 Å². The first-order valence-corrected chi connectivity index (χ1v) is 20.5. The van der Waals surface area contributed by atoms with E-state index < -0.39 is 0 Å². The highest BCUT2D eigenvalue weighted by Gasteiger charge is 2.36. The lowest BCUT2D eigenvalue weighted by molar-refractivity contribution is 0.661. The minimum Gasteiger partial charge on any atom is -0.310 e. The Hall–Kier alpha value is -7.42. The van der Waals surface area contributed by atoms with Crippen LogP contribution in [0.3, 0.4) is 0 Å². The van der Waals surface area contributed by atoms with Gasteiger partial charge in [-0.2, -0.15) is 0 Å². The Morgan fingerprint density at radius 2 is 0.780 bits per heavy atom. The Bertz CT molecular complexity index is 3040. The van der Waals surface area contributed by atoms with Crippen LogP contribution in [0, 0.1) is 0 Å². The third kappa shape index (κ3) is 5.87. The van der Waals surface area contributed by atoms with E-state index in [1.807, 2.05) is 0 Å². The van der Waals surface area contributed by atoms with Gasteiger partial charge in [-0.25, -0.2) is 0 Å². The number of aromatic nitrogens is 1. The van der Waals surface area contributed by atoms with Crippen molar-refractivity contribution in [1.82, 2.24) is 4.57 Å². The van der Waals surface area contributed by atoms with E-state index in [1.54, 1.807) is 0 Å². The molecule has 2 heteroatoms. The topological polar surface area (TPSA) is 8.17 Å². The Morgan fingerprint density at radius 1 is 0.339 bits per heavy atom. The molecule has 0 saturated carbocycles. The van der Waals surface area contributed by atoms with E-state index in [4.69, 9.17) is 0 Å². The van der Waals surface area contributed by atoms with Crippen molar-refractivity contribution in [2.24, 2.45) is 0 Å². The highest BCUT2D eigenvalue weighted by atomic mass is 15.1. The molecule has 0 bridgehead atoms. The van der Waals surface area contributed by atoms with Crippen molar-refractivity contribution in [2.75, 3.05) is 4.90 Å². The van der Waals surface area contributed by atoms with Gasteiger partial charge in [0.05, 0.1) is 11.0 Å². The van der Waals surface area contributed by atoms with E-state index in [0.29, 0.717) is 0 Å². The predicted molar refractivity (Wildman–Crippen MR) is 249 cm³/mol. The fourth-order valence-corrected chi connectivity index (χ4v) is 9.36. The van der Waals surface area contributed by atoms with Gasteiger partial charge in [0.2, 0.25) is 0 Å². The number of nitrogens with zero attached hydrogens (tertiary/aromatic N) is 2. The van der Waals surface area contributed by atoms with E-state index in [0.717, 1.165) is 22.7 Å². The monoisotopic (exact) mass is 754 g/mol. The molecule has 0 radical (unpaired) electrons. The molecule has 280 valence electrons. The van der Waals surface area contributed by atoms with Gasteiger partial charge in [-0.05, 0) is 116 Å². The van der Waals surface area contributed by atoms with Crippen LogP contribution in [0.1, 0.15) is 25.0 Å². The molecule has 11 rings (SSSR count). The van der Waals surface area contributed by atoms with E-state index in [2.05, 4.69) is 242 Å². The van der Waals surface area contributed by atoms with Gasteiger partial charge in [-0.15, -0.1) is 0 Å². The predicted octanol–water partition coefficient (Wildman–Crippen LogP) is 15.6. The lowest BCUT2D eigenvalue weighted by atomic mass is 9.82. The molecule has 0 unspecified atom stereocenters. The molecule has 10 aromatic rings. The Kier molecular flexibility index (Phi) is 8.20. The number of fused-ring (bicyclic) bond motifs is 6. The molecule has 1 aromatic heterocycles. The van der Waals surface area contributed by atoms with Crippen LogP contribution in [0.5, 0.6) is 0 Å². The van der Waals surface area contributed by atoms with Crippen molar-refractivity contribution in [3.05, 3.63) is 230 Å². The second kappa shape index (κ2) is 13.9. The standard InChI is InChI=1S/C57H42N2/c1-57(2)53-21-13-12-20-49(53)51-38-56-52(37-54(51)57)50-35-34-48(36-55(50)59(56)47-32-26-44(27-33-47)41-18-10-5-11-19-41)58(45-28-22-42(23-29-45)39-14-6-3-7-15-39)46-30-24-43(25-31-46)40-16-8-4-9-17-40/h3-38H,1-2H3. The minimum atomic E-state index is -0.0968. The highest BCUT2D eigenvalue weighted by Crippen LogP contribution is 2.51. The van der Waals surface area contributed by atoms with Crippen LogP contribution in [0.15, 0.2) is 218 Å². The molecule has 9 aromatic carbocycles. The zero-order chi connectivity index (χ0) is 39.5. The SMILES string of the molecule is CC1(C)c2ccccc2-c2cc3c(cc21)c1ccc(N(c2ccc(-c4ccccc4)cc2)c2ccc(-c4ccccc4)cc2)cc1n3-c1ccc(-c2ccccc2)cc1. The normalized spacial score (nSPS) is 12.7. The zero-order valence-electron chi connectivity index (χ0n) is 33.2. The third-order valence-electron chi connectivity index (χ3n) is 12.4. The molecule has 59 heavy (non-hydrogen) atoms. The van der Waals surface area contributed by atoms with Crippen LogP contribution in [-0.2, 0) is 5.41 Å². The molecule has 0 aliphatic heterocycles. The first kappa shape index (κ1) is 34.8. The van der Waals surface area contributed by atoms with Crippen molar-refractivity contribution in [2.45, 2.75) is 19.3 Å². The van der Waals surface area contributed by atoms with E-state index in [9.17, 15) is 0 Å². The van der Waals surface area contributed by atoms with E-state index in [-0.39, 0.29) is 5.41 Å². The van der Waals surface area contributed by atoms with E-state index >= 15 is 0 Å². The second-order valence-corrected chi connectivity index (χ2v) is 16.2. The van der Waals surface area contributed by atoms with Crippen LogP contribution in [0.2, 0.25) is 0 Å². The fraction of sp³-hybridized carbons (Fsp3) is 0.0526. The van der Waals surface area contributed by atoms with Crippen molar-refractivity contribution >= 4 is 38.9 Å². The summed E-state index contributed by atoms with van der Waals surface area (Å²) in [5.41, 5.74) is 19.4. The third-order valence-corrected chi connectivity index (χ3v) is 12.4. The molecule has 0 saturated heterocycles. The summed E-state index contributed by atoms with van der Waals surface area (Å²) < 4.78 is 2.48. The summed E-state index contributed by atoms with van der Waals surface area (Å²) in [7, 11) is 0.